The average Bonchev–Trinajstić information content (AvgIpc) is 2.76. The third-order valence-electron chi connectivity index (χ3n) is 5.02. The number of benzene rings is 1. The second-order valence-corrected chi connectivity index (χ2v) is 7.35. The Balaban J connectivity index is 1.86. The fourth-order valence-electron chi connectivity index (χ4n) is 3.72. The molecule has 1 aromatic rings. The lowest BCUT2D eigenvalue weighted by Gasteiger charge is -2.41. The third kappa shape index (κ3) is 2.46. The third-order valence-corrected chi connectivity index (χ3v) is 5.57. The summed E-state index contributed by atoms with van der Waals surface area (Å²) in [4.78, 5) is 11.4. The monoisotopic (exact) mass is 291 g/mol. The number of amides is 1. The zero-order valence-electron chi connectivity index (χ0n) is 12.2. The summed E-state index contributed by atoms with van der Waals surface area (Å²) in [5.74, 6) is 0.599. The molecule has 0 radical (unpaired) electrons. The molecule has 0 bridgehead atoms. The number of hydrogen-bond acceptors (Lipinski definition) is 1. The van der Waals surface area contributed by atoms with Crippen LogP contribution < -0.4 is 5.32 Å². The number of halogens is 1. The molecule has 3 heteroatoms. The van der Waals surface area contributed by atoms with Crippen LogP contribution in [0.15, 0.2) is 18.2 Å². The quantitative estimate of drug-likeness (QED) is 0.788. The van der Waals surface area contributed by atoms with E-state index in [2.05, 4.69) is 31.3 Å². The van der Waals surface area contributed by atoms with Gasteiger partial charge >= 0.3 is 0 Å². The lowest BCUT2D eigenvalue weighted by Crippen LogP contribution is -2.30. The van der Waals surface area contributed by atoms with E-state index in [0.717, 1.165) is 11.3 Å². The van der Waals surface area contributed by atoms with E-state index in [1.165, 1.54) is 31.2 Å². The molecule has 20 heavy (non-hydrogen) atoms. The Morgan fingerprint density at radius 2 is 2.15 bits per heavy atom. The minimum absolute atomic E-state index is 0.0475. The predicted molar refractivity (Wildman–Crippen MR) is 83.1 cm³/mol. The number of anilines is 1. The minimum Gasteiger partial charge on any atom is -0.326 e. The number of carbonyl (C=O) groups excluding carboxylic acids is 1. The van der Waals surface area contributed by atoms with Gasteiger partial charge in [0.1, 0.15) is 0 Å². The van der Waals surface area contributed by atoms with E-state index in [-0.39, 0.29) is 11.3 Å². The topological polar surface area (TPSA) is 29.1 Å². The Morgan fingerprint density at radius 1 is 1.35 bits per heavy atom. The highest BCUT2D eigenvalue weighted by Crippen LogP contribution is 2.49. The molecule has 0 aromatic heterocycles. The molecule has 3 rings (SSSR count). The van der Waals surface area contributed by atoms with Gasteiger partial charge in [-0.1, -0.05) is 38.8 Å². The van der Waals surface area contributed by atoms with E-state index in [1.807, 2.05) is 6.07 Å². The normalized spacial score (nSPS) is 25.9. The molecule has 0 saturated heterocycles. The number of nitrogens with one attached hydrogen (secondary N) is 1. The molecule has 2 nitrogen and oxygen atoms in total. The Hall–Kier alpha value is -1.02. The van der Waals surface area contributed by atoms with E-state index < -0.39 is 0 Å². The Kier molecular flexibility index (Phi) is 3.53. The fourth-order valence-corrected chi connectivity index (χ4v) is 4.32. The maximum absolute atomic E-state index is 11.4. The van der Waals surface area contributed by atoms with E-state index in [9.17, 15) is 4.79 Å². The van der Waals surface area contributed by atoms with E-state index in [0.29, 0.717) is 17.8 Å². The van der Waals surface area contributed by atoms with E-state index >= 15 is 0 Å². The first-order chi connectivity index (χ1) is 9.47. The van der Waals surface area contributed by atoms with Crippen molar-refractivity contribution in [2.45, 2.75) is 51.3 Å². The van der Waals surface area contributed by atoms with Crippen molar-refractivity contribution in [2.24, 2.45) is 11.3 Å². The maximum atomic E-state index is 11.4. The van der Waals surface area contributed by atoms with Gasteiger partial charge in [0, 0.05) is 5.69 Å². The Labute approximate surface area is 125 Å². The summed E-state index contributed by atoms with van der Waals surface area (Å²) in [5, 5.41) is 2.92. The van der Waals surface area contributed by atoms with Crippen LogP contribution in [0.25, 0.3) is 0 Å². The standard InChI is InChI=1S/C17H22ClNO/c1-17(2)8-4-3-5-13(17)16(18)11-6-7-14-12(9-11)10-15(20)19-14/h6-7,9,13,16H,3-5,8,10H2,1-2H3,(H,19,20). The van der Waals surface area contributed by atoms with Gasteiger partial charge in [-0.05, 0) is 41.4 Å². The van der Waals surface area contributed by atoms with Crippen molar-refractivity contribution in [3.05, 3.63) is 29.3 Å². The summed E-state index contributed by atoms with van der Waals surface area (Å²) in [6.07, 6.45) is 5.54. The highest BCUT2D eigenvalue weighted by Gasteiger charge is 2.37. The maximum Gasteiger partial charge on any atom is 0.228 e. The lowest BCUT2D eigenvalue weighted by molar-refractivity contribution is -0.115. The number of hydrogen-bond donors (Lipinski definition) is 1. The number of alkyl halides is 1. The van der Waals surface area contributed by atoms with Crippen LogP contribution in [-0.4, -0.2) is 5.91 Å². The molecule has 1 fully saturated rings. The van der Waals surface area contributed by atoms with Crippen LogP contribution in [0.1, 0.15) is 56.0 Å². The molecule has 0 spiro atoms. The van der Waals surface area contributed by atoms with Crippen LogP contribution in [0, 0.1) is 11.3 Å². The van der Waals surface area contributed by atoms with Gasteiger partial charge in [0.25, 0.3) is 0 Å². The summed E-state index contributed by atoms with van der Waals surface area (Å²) in [6.45, 7) is 4.68. The number of fused-ring (bicyclic) bond motifs is 1. The molecule has 1 aliphatic carbocycles. The first kappa shape index (κ1) is 13.9. The van der Waals surface area contributed by atoms with Crippen LogP contribution in [0.4, 0.5) is 5.69 Å². The number of rotatable bonds is 2. The molecule has 1 saturated carbocycles. The molecular formula is C17H22ClNO. The van der Waals surface area contributed by atoms with Crippen LogP contribution in [0.3, 0.4) is 0 Å². The molecule has 1 heterocycles. The van der Waals surface area contributed by atoms with Gasteiger partial charge in [-0.15, -0.1) is 11.6 Å². The van der Waals surface area contributed by atoms with Gasteiger partial charge in [-0.3, -0.25) is 4.79 Å². The van der Waals surface area contributed by atoms with Gasteiger partial charge in [-0.25, -0.2) is 0 Å². The molecule has 2 aliphatic rings. The van der Waals surface area contributed by atoms with Gasteiger partial charge in [-0.2, -0.15) is 0 Å². The van der Waals surface area contributed by atoms with Crippen molar-refractivity contribution in [1.82, 2.24) is 0 Å². The predicted octanol–water partition coefficient (Wildman–Crippen LogP) is 4.68. The second-order valence-electron chi connectivity index (χ2n) is 6.88. The van der Waals surface area contributed by atoms with Crippen molar-refractivity contribution in [3.8, 4) is 0 Å². The summed E-state index contributed by atoms with van der Waals surface area (Å²) >= 11 is 6.80. The SMILES string of the molecule is CC1(C)CCCCC1C(Cl)c1ccc2c(c1)CC(=O)N2. The van der Waals surface area contributed by atoms with E-state index in [1.54, 1.807) is 0 Å². The summed E-state index contributed by atoms with van der Waals surface area (Å²) in [5.41, 5.74) is 3.51. The molecule has 108 valence electrons. The number of carbonyl (C=O) groups is 1. The van der Waals surface area contributed by atoms with Crippen molar-refractivity contribution in [3.63, 3.8) is 0 Å². The van der Waals surface area contributed by atoms with Crippen LogP contribution in [-0.2, 0) is 11.2 Å². The highest BCUT2D eigenvalue weighted by molar-refractivity contribution is 6.21. The van der Waals surface area contributed by atoms with Crippen molar-refractivity contribution in [2.75, 3.05) is 5.32 Å². The smallest absolute Gasteiger partial charge is 0.228 e. The van der Waals surface area contributed by atoms with Crippen molar-refractivity contribution in [1.29, 1.82) is 0 Å². The highest BCUT2D eigenvalue weighted by atomic mass is 35.5. The van der Waals surface area contributed by atoms with Crippen LogP contribution in [0.5, 0.6) is 0 Å². The second kappa shape index (κ2) is 5.07. The molecule has 1 N–H and O–H groups in total. The fraction of sp³-hybridized carbons (Fsp3) is 0.588. The lowest BCUT2D eigenvalue weighted by atomic mass is 9.66. The molecule has 2 unspecified atom stereocenters. The first-order valence-electron chi connectivity index (χ1n) is 7.54. The van der Waals surface area contributed by atoms with Crippen LogP contribution >= 0.6 is 11.6 Å². The molecule has 2 atom stereocenters. The minimum atomic E-state index is 0.0475. The van der Waals surface area contributed by atoms with Crippen LogP contribution in [0.2, 0.25) is 0 Å². The Morgan fingerprint density at radius 3 is 2.90 bits per heavy atom. The van der Waals surface area contributed by atoms with Crippen molar-refractivity contribution >= 4 is 23.2 Å². The molecule has 1 amide bonds. The Bertz CT molecular complexity index is 538. The van der Waals surface area contributed by atoms with Gasteiger partial charge in [0.15, 0.2) is 0 Å². The van der Waals surface area contributed by atoms with E-state index in [4.69, 9.17) is 11.6 Å². The first-order valence-corrected chi connectivity index (χ1v) is 7.98. The molecular weight excluding hydrogens is 270 g/mol. The summed E-state index contributed by atoms with van der Waals surface area (Å²) in [7, 11) is 0. The summed E-state index contributed by atoms with van der Waals surface area (Å²) < 4.78 is 0. The summed E-state index contributed by atoms with van der Waals surface area (Å²) in [6, 6.07) is 6.20. The molecule has 1 aromatic carbocycles. The van der Waals surface area contributed by atoms with Gasteiger partial charge < -0.3 is 5.32 Å². The average molecular weight is 292 g/mol. The largest absolute Gasteiger partial charge is 0.326 e. The zero-order chi connectivity index (χ0) is 14.3. The molecule has 1 aliphatic heterocycles. The van der Waals surface area contributed by atoms with Gasteiger partial charge in [0.2, 0.25) is 5.91 Å². The van der Waals surface area contributed by atoms with Gasteiger partial charge in [0.05, 0.1) is 11.8 Å². The zero-order valence-corrected chi connectivity index (χ0v) is 13.0. The van der Waals surface area contributed by atoms with Crippen molar-refractivity contribution < 1.29 is 4.79 Å².